The van der Waals surface area contributed by atoms with Gasteiger partial charge >= 0.3 is 82.6 Å². The molecule has 0 aromatic rings. The predicted octanol–water partition coefficient (Wildman–Crippen LogP) is 13.2. The number of hydrogen-bond acceptors (Lipinski definition) is 0. The quantitative estimate of drug-likeness (QED) is 0.168. The first-order chi connectivity index (χ1) is 19.2. The SMILES string of the molecule is CC(C)(C)C1=[C-]CC=C1.CC(C)(C)C1=[C-]CC=C1.Cl.Cl.Cl.Cl.Cl.Cl.[C-]1=CC=CC1.[C-]1=CC=CC1.[C-]1=CC=CC1.[C-]1=CC=CC1.[CH3-].[CH3-].[SiH2]=[Zr].[Zr+2].[Zr+2]. The van der Waals surface area contributed by atoms with E-state index >= 15 is 0 Å². The van der Waals surface area contributed by atoms with E-state index in [2.05, 4.69) is 127 Å². The molecule has 0 aliphatic heterocycles. The Morgan fingerprint density at radius 2 is 0.660 bits per heavy atom. The number of rotatable bonds is 0. The summed E-state index contributed by atoms with van der Waals surface area (Å²) in [4.78, 5) is 0. The second-order valence-electron chi connectivity index (χ2n) is 10.9. The van der Waals surface area contributed by atoms with Gasteiger partial charge in [0.05, 0.1) is 0 Å². The van der Waals surface area contributed by atoms with Crippen molar-refractivity contribution in [2.24, 2.45) is 10.8 Å². The van der Waals surface area contributed by atoms with Crippen LogP contribution in [-0.2, 0) is 75.7 Å². The zero-order chi connectivity index (χ0) is 30.0. The summed E-state index contributed by atoms with van der Waals surface area (Å²) < 4.78 is 0. The Balaban J connectivity index is -0.0000000392. The van der Waals surface area contributed by atoms with Crippen LogP contribution >= 0.6 is 74.4 Å². The molecule has 0 heterocycles. The van der Waals surface area contributed by atoms with Crippen molar-refractivity contribution in [2.75, 3.05) is 0 Å². The van der Waals surface area contributed by atoms with E-state index in [1.54, 1.807) is 23.3 Å². The fourth-order valence-corrected chi connectivity index (χ4v) is 3.20. The van der Waals surface area contributed by atoms with Gasteiger partial charge in [0.2, 0.25) is 0 Å². The topological polar surface area (TPSA) is 0 Å². The van der Waals surface area contributed by atoms with Crippen molar-refractivity contribution in [1.29, 1.82) is 0 Å². The minimum atomic E-state index is 0. The molecule has 0 N–H and O–H groups in total. The Labute approximate surface area is 402 Å². The number of allylic oxidation sites excluding steroid dienone is 24. The van der Waals surface area contributed by atoms with Gasteiger partial charge in [-0.15, -0.1) is 113 Å². The first-order valence-electron chi connectivity index (χ1n) is 14.0. The molecule has 0 aromatic carbocycles. The molecule has 0 unspecified atom stereocenters. The van der Waals surface area contributed by atoms with Crippen LogP contribution in [0.4, 0.5) is 0 Å². The summed E-state index contributed by atoms with van der Waals surface area (Å²) in [6.45, 7) is 15.2. The minimum Gasteiger partial charge on any atom is 2.00 e. The first-order valence-corrected chi connectivity index (χ1v) is 19.9. The Bertz CT molecular complexity index is 900. The van der Waals surface area contributed by atoms with Gasteiger partial charge in [0, 0.05) is 0 Å². The monoisotopic (exact) mass is 1050 g/mol. The average Bonchev–Trinajstić information content (AvgIpc) is 3.84. The van der Waals surface area contributed by atoms with Crippen molar-refractivity contribution >= 4 is 81.3 Å². The van der Waals surface area contributed by atoms with Gasteiger partial charge in [-0.25, -0.2) is 71.9 Å². The van der Waals surface area contributed by atoms with Gasteiger partial charge in [-0.1, -0.05) is 41.5 Å². The van der Waals surface area contributed by atoms with E-state index < -0.39 is 0 Å². The standard InChI is InChI=1S/2C9H13.4C5H5.2CH3.6ClH.H2Si.3Zr/c2*1-9(2,3)8-6-4-5-7-8;4*1-2-4-5-3-1;;;;;;;;;;;;/h2*4,6H,5H2,1-3H3;4*1-3H,4H2;2*1H3;6*1H;1H2;;;/q8*-1;;;;;;;;;2*+2. The van der Waals surface area contributed by atoms with Crippen molar-refractivity contribution in [3.63, 3.8) is 0 Å². The predicted molar refractivity (Wildman–Crippen MR) is 231 cm³/mol. The van der Waals surface area contributed by atoms with E-state index in [-0.39, 0.29) is 142 Å². The van der Waals surface area contributed by atoms with Crippen molar-refractivity contribution in [1.82, 2.24) is 0 Å². The maximum Gasteiger partial charge on any atom is 2.00 e. The Morgan fingerprint density at radius 3 is 0.720 bits per heavy atom. The summed E-state index contributed by atoms with van der Waals surface area (Å²) in [7, 11) is 0. The molecule has 0 spiro atoms. The third kappa shape index (κ3) is 51.6. The molecule has 0 saturated heterocycles. The van der Waals surface area contributed by atoms with Gasteiger partial charge in [0.25, 0.3) is 0 Å². The van der Waals surface area contributed by atoms with Crippen LogP contribution in [0.5, 0.6) is 0 Å². The number of hydrogen-bond donors (Lipinski definition) is 0. The van der Waals surface area contributed by atoms with E-state index in [1.807, 2.05) is 55.5 Å². The second kappa shape index (κ2) is 54.8. The van der Waals surface area contributed by atoms with Crippen LogP contribution in [0.2, 0.25) is 0 Å². The number of halogens is 6. The van der Waals surface area contributed by atoms with Crippen LogP contribution in [0.25, 0.3) is 0 Å². The molecular formula is C40H60Cl6SiZr3-4. The summed E-state index contributed by atoms with van der Waals surface area (Å²) >= 11 is 1.58. The summed E-state index contributed by atoms with van der Waals surface area (Å²) in [5.41, 5.74) is 3.30. The van der Waals surface area contributed by atoms with Gasteiger partial charge in [-0.2, -0.15) is 36.5 Å². The Hall–Kier alpha value is 1.49. The molecule has 0 amide bonds. The molecule has 0 nitrogen and oxygen atoms in total. The normalized spacial score (nSPS) is 13.7. The minimum absolute atomic E-state index is 0. The molecule has 0 bridgehead atoms. The fourth-order valence-electron chi connectivity index (χ4n) is 3.20. The first kappa shape index (κ1) is 80.1. The average molecular weight is 1060 g/mol. The van der Waals surface area contributed by atoms with Crippen LogP contribution in [0.15, 0.2) is 108 Å². The van der Waals surface area contributed by atoms with Gasteiger partial charge in [0.1, 0.15) is 0 Å². The van der Waals surface area contributed by atoms with E-state index in [1.165, 1.54) is 11.1 Å². The third-order valence-corrected chi connectivity index (χ3v) is 5.35. The largest absolute Gasteiger partial charge is 2.00 e. The zero-order valence-electron chi connectivity index (χ0n) is 31.1. The molecule has 0 radical (unpaired) electrons. The molecule has 0 fully saturated rings. The molecule has 10 heteroatoms. The van der Waals surface area contributed by atoms with Crippen molar-refractivity contribution in [3.05, 3.63) is 160 Å². The van der Waals surface area contributed by atoms with Crippen molar-refractivity contribution < 1.29 is 75.7 Å². The van der Waals surface area contributed by atoms with E-state index in [4.69, 9.17) is 0 Å². The van der Waals surface area contributed by atoms with Gasteiger partial charge in [-0.05, 0) is 10.8 Å². The summed E-state index contributed by atoms with van der Waals surface area (Å²) in [6, 6.07) is 0. The summed E-state index contributed by atoms with van der Waals surface area (Å²) in [5.74, 6) is 0. The molecule has 0 aromatic heterocycles. The Morgan fingerprint density at radius 1 is 0.440 bits per heavy atom. The van der Waals surface area contributed by atoms with Crippen LogP contribution in [-0.4, -0.2) is 6.88 Å². The maximum absolute atomic E-state index is 3.30. The van der Waals surface area contributed by atoms with E-state index in [0.29, 0.717) is 10.8 Å². The van der Waals surface area contributed by atoms with Crippen molar-refractivity contribution in [2.45, 2.75) is 80.1 Å². The molecule has 0 saturated carbocycles. The second-order valence-corrected chi connectivity index (χ2v) is 10.9. The summed E-state index contributed by atoms with van der Waals surface area (Å²) in [6.07, 6.45) is 57.3. The smallest absolute Gasteiger partial charge is 2.00 e. The van der Waals surface area contributed by atoms with Crippen LogP contribution in [0.1, 0.15) is 80.1 Å². The van der Waals surface area contributed by atoms with Crippen molar-refractivity contribution in [3.8, 4) is 0 Å². The molecule has 0 atom stereocenters. The molecule has 6 aliphatic rings. The third-order valence-electron chi connectivity index (χ3n) is 5.35. The molecule has 6 rings (SSSR count). The molecule has 50 heavy (non-hydrogen) atoms. The maximum atomic E-state index is 3.30. The van der Waals surface area contributed by atoms with E-state index in [0.717, 1.165) is 38.5 Å². The van der Waals surface area contributed by atoms with E-state index in [9.17, 15) is 0 Å². The van der Waals surface area contributed by atoms with Gasteiger partial charge in [0.15, 0.2) is 0 Å². The molecular weight excluding hydrogens is 995 g/mol. The van der Waals surface area contributed by atoms with Crippen LogP contribution < -0.4 is 0 Å². The molecule has 6 aliphatic carbocycles. The Kier molecular flexibility index (Phi) is 87.8. The van der Waals surface area contributed by atoms with Gasteiger partial charge in [-0.3, -0.25) is 36.5 Å². The summed E-state index contributed by atoms with van der Waals surface area (Å²) in [5, 5.41) is 0. The van der Waals surface area contributed by atoms with Crippen LogP contribution in [0.3, 0.4) is 0 Å². The molecule has 282 valence electrons. The van der Waals surface area contributed by atoms with Crippen LogP contribution in [0, 0.1) is 62.1 Å². The van der Waals surface area contributed by atoms with Gasteiger partial charge < -0.3 is 14.9 Å². The zero-order valence-corrected chi connectivity index (χ0v) is 44.8. The fraction of sp³-hybridized carbons (Fsp3) is 0.350.